The molecule has 0 fully saturated rings. The molecule has 0 spiro atoms. The molecule has 0 aromatic carbocycles. The maximum atomic E-state index is 12.0. The van der Waals surface area contributed by atoms with Crippen molar-refractivity contribution in [1.82, 2.24) is 15.6 Å². The van der Waals surface area contributed by atoms with Gasteiger partial charge in [-0.3, -0.25) is 4.99 Å². The van der Waals surface area contributed by atoms with Crippen LogP contribution in [0.25, 0.3) is 0 Å². The number of guanidine groups is 1. The average Bonchev–Trinajstić information content (AvgIpc) is 2.44. The molecule has 104 valence electrons. The minimum absolute atomic E-state index is 0.207. The minimum Gasteiger partial charge on any atom is -0.472 e. The third kappa shape index (κ3) is 4.69. The Morgan fingerprint density at radius 3 is 3.05 bits per heavy atom. The number of aliphatic imine (C=N–C) groups is 1. The summed E-state index contributed by atoms with van der Waals surface area (Å²) in [5.41, 5.74) is 0.710. The number of ether oxygens (including phenoxy) is 1. The Morgan fingerprint density at radius 1 is 1.42 bits per heavy atom. The highest BCUT2D eigenvalue weighted by atomic mass is 19.3. The molecule has 2 rings (SSSR count). The molecule has 1 aromatic heterocycles. The molecule has 1 aromatic rings. The van der Waals surface area contributed by atoms with Gasteiger partial charge in [0.25, 0.3) is 6.43 Å². The lowest BCUT2D eigenvalue weighted by molar-refractivity contribution is 0.0795. The predicted octanol–water partition coefficient (Wildman–Crippen LogP) is 1.16. The predicted molar refractivity (Wildman–Crippen MR) is 67.5 cm³/mol. The van der Waals surface area contributed by atoms with Gasteiger partial charge in [0, 0.05) is 19.2 Å². The lowest BCUT2D eigenvalue weighted by Gasteiger charge is -2.15. The fraction of sp³-hybridized carbons (Fsp3) is 0.500. The molecule has 0 aliphatic carbocycles. The molecule has 0 amide bonds. The van der Waals surface area contributed by atoms with Crippen LogP contribution < -0.4 is 15.4 Å². The maximum Gasteiger partial charge on any atom is 0.272 e. The molecule has 0 bridgehead atoms. The highest BCUT2D eigenvalue weighted by Gasteiger charge is 2.06. The zero-order valence-corrected chi connectivity index (χ0v) is 10.4. The summed E-state index contributed by atoms with van der Waals surface area (Å²) in [5.74, 6) is 0.949. The highest BCUT2D eigenvalue weighted by molar-refractivity contribution is 5.80. The fourth-order valence-electron chi connectivity index (χ4n) is 1.61. The molecule has 1 aliphatic heterocycles. The van der Waals surface area contributed by atoms with Crippen molar-refractivity contribution >= 4 is 5.96 Å². The summed E-state index contributed by atoms with van der Waals surface area (Å²) < 4.78 is 28.9. The van der Waals surface area contributed by atoms with Crippen molar-refractivity contribution in [1.29, 1.82) is 0 Å². The normalized spacial score (nSPS) is 14.8. The lowest BCUT2D eigenvalue weighted by atomic mass is 10.3. The number of rotatable bonds is 5. The largest absolute Gasteiger partial charge is 0.472 e. The Balaban J connectivity index is 1.86. The zero-order valence-electron chi connectivity index (χ0n) is 10.4. The summed E-state index contributed by atoms with van der Waals surface area (Å²) in [6.45, 7) is 1.53. The van der Waals surface area contributed by atoms with E-state index in [1.807, 2.05) is 0 Å². The average molecular weight is 270 g/mol. The first-order valence-electron chi connectivity index (χ1n) is 6.13. The molecule has 0 saturated heterocycles. The molecular weight excluding hydrogens is 254 g/mol. The van der Waals surface area contributed by atoms with Crippen LogP contribution in [0.1, 0.15) is 12.1 Å². The Kier molecular flexibility index (Phi) is 4.88. The topological polar surface area (TPSA) is 58.5 Å². The van der Waals surface area contributed by atoms with Gasteiger partial charge in [0.1, 0.15) is 0 Å². The summed E-state index contributed by atoms with van der Waals surface area (Å²) >= 11 is 0. The Labute approximate surface area is 110 Å². The van der Waals surface area contributed by atoms with Crippen molar-refractivity contribution in [3.8, 4) is 5.88 Å². The van der Waals surface area contributed by atoms with E-state index in [-0.39, 0.29) is 5.88 Å². The van der Waals surface area contributed by atoms with Gasteiger partial charge in [0.05, 0.1) is 12.2 Å². The standard InChI is InChI=1S/C12H16F2N4O/c13-10(14)8-19-11-4-1-3-9(18-11)7-17-12-15-5-2-6-16-12/h1,3-4,10H,2,5-8H2,(H2,15,16,17). The van der Waals surface area contributed by atoms with Crippen molar-refractivity contribution in [2.75, 3.05) is 19.7 Å². The minimum atomic E-state index is -2.50. The van der Waals surface area contributed by atoms with E-state index in [1.54, 1.807) is 18.2 Å². The van der Waals surface area contributed by atoms with Crippen LogP contribution in [0.15, 0.2) is 23.2 Å². The van der Waals surface area contributed by atoms with Gasteiger partial charge < -0.3 is 15.4 Å². The van der Waals surface area contributed by atoms with Crippen LogP contribution in [-0.2, 0) is 6.54 Å². The monoisotopic (exact) mass is 270 g/mol. The van der Waals surface area contributed by atoms with Crippen molar-refractivity contribution in [2.24, 2.45) is 4.99 Å². The number of nitrogens with one attached hydrogen (secondary N) is 2. The zero-order chi connectivity index (χ0) is 13.5. The number of pyridine rings is 1. The van der Waals surface area contributed by atoms with Gasteiger partial charge in [0.15, 0.2) is 12.6 Å². The summed E-state index contributed by atoms with van der Waals surface area (Å²) in [7, 11) is 0. The molecule has 19 heavy (non-hydrogen) atoms. The highest BCUT2D eigenvalue weighted by Crippen LogP contribution is 2.08. The van der Waals surface area contributed by atoms with E-state index in [1.165, 1.54) is 0 Å². The summed E-state index contributed by atoms with van der Waals surface area (Å²) in [6, 6.07) is 5.08. The van der Waals surface area contributed by atoms with Gasteiger partial charge in [-0.15, -0.1) is 0 Å². The lowest BCUT2D eigenvalue weighted by Crippen LogP contribution is -2.40. The maximum absolute atomic E-state index is 12.0. The van der Waals surface area contributed by atoms with Crippen molar-refractivity contribution in [2.45, 2.75) is 19.4 Å². The molecule has 1 aliphatic rings. The fourth-order valence-corrected chi connectivity index (χ4v) is 1.61. The molecule has 0 unspecified atom stereocenters. The molecule has 0 radical (unpaired) electrons. The first kappa shape index (κ1) is 13.5. The van der Waals surface area contributed by atoms with Crippen LogP contribution in [0.3, 0.4) is 0 Å². The van der Waals surface area contributed by atoms with Gasteiger partial charge in [-0.05, 0) is 12.5 Å². The summed E-state index contributed by atoms with van der Waals surface area (Å²) in [5, 5.41) is 6.23. The van der Waals surface area contributed by atoms with Gasteiger partial charge in [0.2, 0.25) is 5.88 Å². The molecule has 0 saturated carbocycles. The number of alkyl halides is 2. The smallest absolute Gasteiger partial charge is 0.272 e. The van der Waals surface area contributed by atoms with Crippen molar-refractivity contribution in [3.63, 3.8) is 0 Å². The third-order valence-electron chi connectivity index (χ3n) is 2.47. The van der Waals surface area contributed by atoms with E-state index in [2.05, 4.69) is 20.6 Å². The Hall–Kier alpha value is -1.92. The molecule has 0 atom stereocenters. The molecule has 5 nitrogen and oxygen atoms in total. The number of aromatic nitrogens is 1. The van der Waals surface area contributed by atoms with E-state index in [9.17, 15) is 8.78 Å². The van der Waals surface area contributed by atoms with Gasteiger partial charge in [-0.25, -0.2) is 13.8 Å². The number of hydrogen-bond donors (Lipinski definition) is 2. The van der Waals surface area contributed by atoms with E-state index in [0.29, 0.717) is 12.2 Å². The van der Waals surface area contributed by atoms with Crippen molar-refractivity contribution < 1.29 is 13.5 Å². The second-order valence-corrected chi connectivity index (χ2v) is 4.03. The quantitative estimate of drug-likeness (QED) is 0.843. The van der Waals surface area contributed by atoms with Crippen molar-refractivity contribution in [3.05, 3.63) is 23.9 Å². The number of halogens is 2. The van der Waals surface area contributed by atoms with Crippen LogP contribution in [0.5, 0.6) is 5.88 Å². The van der Waals surface area contributed by atoms with Crippen LogP contribution in [0.4, 0.5) is 8.78 Å². The Morgan fingerprint density at radius 2 is 2.32 bits per heavy atom. The van der Waals surface area contributed by atoms with Crippen LogP contribution in [-0.4, -0.2) is 37.1 Å². The van der Waals surface area contributed by atoms with Gasteiger partial charge >= 0.3 is 0 Å². The SMILES string of the molecule is FC(F)COc1cccc(CNC2=NCCCN2)n1. The number of nitrogens with zero attached hydrogens (tertiary/aromatic N) is 2. The first-order chi connectivity index (χ1) is 9.24. The van der Waals surface area contributed by atoms with Gasteiger partial charge in [-0.2, -0.15) is 0 Å². The first-order valence-corrected chi connectivity index (χ1v) is 6.13. The van der Waals surface area contributed by atoms with Crippen LogP contribution in [0.2, 0.25) is 0 Å². The third-order valence-corrected chi connectivity index (χ3v) is 2.47. The van der Waals surface area contributed by atoms with E-state index >= 15 is 0 Å². The molecule has 2 N–H and O–H groups in total. The summed E-state index contributed by atoms with van der Waals surface area (Å²) in [4.78, 5) is 8.39. The summed E-state index contributed by atoms with van der Waals surface area (Å²) in [6.07, 6.45) is -1.47. The van der Waals surface area contributed by atoms with Crippen LogP contribution >= 0.6 is 0 Å². The van der Waals surface area contributed by atoms with Gasteiger partial charge in [-0.1, -0.05) is 6.07 Å². The molecule has 7 heteroatoms. The Bertz CT molecular complexity index is 439. The second kappa shape index (κ2) is 6.86. The van der Waals surface area contributed by atoms with E-state index in [0.717, 1.165) is 25.5 Å². The molecular formula is C12H16F2N4O. The molecule has 2 heterocycles. The van der Waals surface area contributed by atoms with E-state index < -0.39 is 13.0 Å². The second-order valence-electron chi connectivity index (χ2n) is 4.03. The van der Waals surface area contributed by atoms with Crippen LogP contribution in [0, 0.1) is 0 Å². The number of hydrogen-bond acceptors (Lipinski definition) is 5. The van der Waals surface area contributed by atoms with E-state index in [4.69, 9.17) is 4.74 Å².